The number of carbonyl (C=O) groups is 2. The number of ether oxygens (including phenoxy) is 1. The van der Waals surface area contributed by atoms with Gasteiger partial charge in [-0.25, -0.2) is 13.2 Å². The summed E-state index contributed by atoms with van der Waals surface area (Å²) in [5.41, 5.74) is -0.519. The highest BCUT2D eigenvalue weighted by molar-refractivity contribution is 7.89. The highest BCUT2D eigenvalue weighted by atomic mass is 32.2. The quantitative estimate of drug-likeness (QED) is 0.765. The number of rotatable bonds is 5. The largest absolute Gasteiger partial charge is 0.465 e. The van der Waals surface area contributed by atoms with Crippen molar-refractivity contribution in [3.8, 4) is 0 Å². The lowest BCUT2D eigenvalue weighted by atomic mass is 10.1. The minimum absolute atomic E-state index is 0.0327. The molecule has 0 radical (unpaired) electrons. The fourth-order valence-corrected chi connectivity index (χ4v) is 2.65. The fourth-order valence-electron chi connectivity index (χ4n) is 1.50. The third-order valence-corrected chi connectivity index (χ3v) is 3.89. The van der Waals surface area contributed by atoms with E-state index in [9.17, 15) is 18.0 Å². The van der Waals surface area contributed by atoms with Crippen LogP contribution < -0.4 is 10.0 Å². The van der Waals surface area contributed by atoms with Crippen LogP contribution in [0.5, 0.6) is 0 Å². The average Bonchev–Trinajstić information content (AvgIpc) is 2.85. The molecule has 1 unspecified atom stereocenters. The van der Waals surface area contributed by atoms with E-state index in [-0.39, 0.29) is 5.56 Å². The number of esters is 1. The first-order valence-electron chi connectivity index (χ1n) is 6.47. The van der Waals surface area contributed by atoms with Crippen LogP contribution in [0, 0.1) is 0 Å². The monoisotopic (exact) mass is 332 g/mol. The Morgan fingerprint density at radius 1 is 1.32 bits per heavy atom. The van der Waals surface area contributed by atoms with Gasteiger partial charge in [-0.3, -0.25) is 4.79 Å². The molecule has 0 aromatic carbocycles. The van der Waals surface area contributed by atoms with Gasteiger partial charge in [0.1, 0.15) is 6.26 Å². The van der Waals surface area contributed by atoms with Gasteiger partial charge in [0.15, 0.2) is 0 Å². The van der Waals surface area contributed by atoms with Crippen LogP contribution in [-0.2, 0) is 19.6 Å². The number of carbonyl (C=O) groups excluding carboxylic acids is 2. The maximum Gasteiger partial charge on any atom is 0.341 e. The first-order valence-corrected chi connectivity index (χ1v) is 7.96. The Kier molecular flexibility index (Phi) is 5.36. The fraction of sp³-hybridized carbons (Fsp3) is 0.538. The normalized spacial score (nSPS) is 13.5. The molecule has 1 rings (SSSR count). The lowest BCUT2D eigenvalue weighted by Crippen LogP contribution is -2.50. The number of furan rings is 1. The first kappa shape index (κ1) is 18.2. The van der Waals surface area contributed by atoms with Crippen LogP contribution in [0.3, 0.4) is 0 Å². The van der Waals surface area contributed by atoms with Crippen molar-refractivity contribution in [3.05, 3.63) is 17.9 Å². The zero-order chi connectivity index (χ0) is 17.1. The molecule has 8 nitrogen and oxygen atoms in total. The van der Waals surface area contributed by atoms with Crippen molar-refractivity contribution in [3.63, 3.8) is 0 Å². The number of amides is 1. The zero-order valence-corrected chi connectivity index (χ0v) is 13.9. The highest BCUT2D eigenvalue weighted by Crippen LogP contribution is 2.15. The molecule has 0 aliphatic heterocycles. The summed E-state index contributed by atoms with van der Waals surface area (Å²) >= 11 is 0. The summed E-state index contributed by atoms with van der Waals surface area (Å²) in [6.07, 6.45) is 0.973. The minimum Gasteiger partial charge on any atom is -0.465 e. The maximum absolute atomic E-state index is 12.1. The molecule has 0 fully saturated rings. The van der Waals surface area contributed by atoms with Crippen molar-refractivity contribution in [1.82, 2.24) is 10.0 Å². The molecule has 0 saturated heterocycles. The number of hydrogen-bond acceptors (Lipinski definition) is 6. The standard InChI is InChI=1S/C13H20N2O6S/c1-8(11(16)14-13(2,3)4)15-22(18,19)10-6-9(7-21-10)12(17)20-5/h6-8,15H,1-5H3,(H,14,16). The number of nitrogens with one attached hydrogen (secondary N) is 2. The third kappa shape index (κ3) is 4.85. The lowest BCUT2D eigenvalue weighted by Gasteiger charge is -2.23. The Morgan fingerprint density at radius 2 is 1.91 bits per heavy atom. The lowest BCUT2D eigenvalue weighted by molar-refractivity contribution is -0.123. The van der Waals surface area contributed by atoms with E-state index in [4.69, 9.17) is 4.42 Å². The Labute approximate surface area is 129 Å². The number of methoxy groups -OCH3 is 1. The van der Waals surface area contributed by atoms with Crippen LogP contribution in [-0.4, -0.2) is 39.0 Å². The van der Waals surface area contributed by atoms with Crippen LogP contribution in [0.15, 0.2) is 21.8 Å². The topological polar surface area (TPSA) is 115 Å². The molecule has 1 atom stereocenters. The second-order valence-corrected chi connectivity index (χ2v) is 7.37. The van der Waals surface area contributed by atoms with Gasteiger partial charge in [-0.15, -0.1) is 0 Å². The van der Waals surface area contributed by atoms with Gasteiger partial charge < -0.3 is 14.5 Å². The van der Waals surface area contributed by atoms with Gasteiger partial charge in [0, 0.05) is 11.6 Å². The second kappa shape index (κ2) is 6.49. The van der Waals surface area contributed by atoms with E-state index in [2.05, 4.69) is 14.8 Å². The molecule has 0 aliphatic rings. The Balaban J connectivity index is 2.85. The SMILES string of the molecule is COC(=O)c1coc(S(=O)(=O)NC(C)C(=O)NC(C)(C)C)c1. The highest BCUT2D eigenvalue weighted by Gasteiger charge is 2.27. The Hall–Kier alpha value is -1.87. The molecule has 0 saturated carbocycles. The zero-order valence-electron chi connectivity index (χ0n) is 13.1. The van der Waals surface area contributed by atoms with E-state index in [1.54, 1.807) is 20.8 Å². The molecule has 1 aromatic heterocycles. The molecule has 1 aromatic rings. The predicted octanol–water partition coefficient (Wildman–Crippen LogP) is 0.648. The van der Waals surface area contributed by atoms with Gasteiger partial charge in [0.2, 0.25) is 11.0 Å². The Morgan fingerprint density at radius 3 is 2.41 bits per heavy atom. The van der Waals surface area contributed by atoms with Crippen molar-refractivity contribution in [2.45, 2.75) is 44.4 Å². The van der Waals surface area contributed by atoms with Gasteiger partial charge in [-0.05, 0) is 27.7 Å². The summed E-state index contributed by atoms with van der Waals surface area (Å²) in [6, 6.07) is 0.0265. The third-order valence-electron chi connectivity index (χ3n) is 2.48. The minimum atomic E-state index is -4.07. The van der Waals surface area contributed by atoms with E-state index in [1.165, 1.54) is 14.0 Å². The molecule has 124 valence electrons. The molecule has 0 aliphatic carbocycles. The molecule has 22 heavy (non-hydrogen) atoms. The van der Waals surface area contributed by atoms with E-state index >= 15 is 0 Å². The van der Waals surface area contributed by atoms with E-state index < -0.39 is 38.6 Å². The average molecular weight is 332 g/mol. The molecule has 1 heterocycles. The smallest absolute Gasteiger partial charge is 0.341 e. The van der Waals surface area contributed by atoms with Gasteiger partial charge in [0.05, 0.1) is 18.7 Å². The van der Waals surface area contributed by atoms with Crippen molar-refractivity contribution in [2.24, 2.45) is 0 Å². The first-order chi connectivity index (χ1) is 9.96. The van der Waals surface area contributed by atoms with Crippen molar-refractivity contribution < 1.29 is 27.2 Å². The van der Waals surface area contributed by atoms with E-state index in [1.807, 2.05) is 0 Å². The van der Waals surface area contributed by atoms with Crippen LogP contribution >= 0.6 is 0 Å². The van der Waals surface area contributed by atoms with Crippen LogP contribution in [0.1, 0.15) is 38.1 Å². The predicted molar refractivity (Wildman–Crippen MR) is 77.7 cm³/mol. The summed E-state index contributed by atoms with van der Waals surface area (Å²) in [5, 5.41) is 2.19. The summed E-state index contributed by atoms with van der Waals surface area (Å²) in [6.45, 7) is 6.74. The molecule has 9 heteroatoms. The van der Waals surface area contributed by atoms with Crippen LogP contribution in [0.4, 0.5) is 0 Å². The summed E-state index contributed by atoms with van der Waals surface area (Å²) < 4.78 is 35.7. The van der Waals surface area contributed by atoms with Crippen molar-refractivity contribution >= 4 is 21.9 Å². The summed E-state index contributed by atoms with van der Waals surface area (Å²) in [7, 11) is -2.90. The molecule has 1 amide bonds. The van der Waals surface area contributed by atoms with E-state index in [0.717, 1.165) is 12.3 Å². The van der Waals surface area contributed by atoms with Crippen LogP contribution in [0.2, 0.25) is 0 Å². The van der Waals surface area contributed by atoms with Crippen LogP contribution in [0.25, 0.3) is 0 Å². The van der Waals surface area contributed by atoms with Gasteiger partial charge >= 0.3 is 5.97 Å². The molecule has 2 N–H and O–H groups in total. The summed E-state index contributed by atoms with van der Waals surface area (Å²) in [5.74, 6) is -1.19. The number of hydrogen-bond donors (Lipinski definition) is 2. The van der Waals surface area contributed by atoms with Gasteiger partial charge in [-0.1, -0.05) is 0 Å². The summed E-state index contributed by atoms with van der Waals surface area (Å²) in [4.78, 5) is 23.2. The van der Waals surface area contributed by atoms with Gasteiger partial charge in [0.25, 0.3) is 10.0 Å². The van der Waals surface area contributed by atoms with Crippen molar-refractivity contribution in [2.75, 3.05) is 7.11 Å². The second-order valence-electron chi connectivity index (χ2n) is 5.73. The molecule has 0 spiro atoms. The maximum atomic E-state index is 12.1. The number of sulfonamides is 1. The molecule has 0 bridgehead atoms. The molecular formula is C13H20N2O6S. The van der Waals surface area contributed by atoms with Gasteiger partial charge in [-0.2, -0.15) is 4.72 Å². The van der Waals surface area contributed by atoms with Crippen molar-refractivity contribution in [1.29, 1.82) is 0 Å². The Bertz CT molecular complexity index is 656. The molecular weight excluding hydrogens is 312 g/mol. The van der Waals surface area contributed by atoms with E-state index in [0.29, 0.717) is 0 Å².